The first-order chi connectivity index (χ1) is 24.3. The molecule has 2 aromatic carbocycles. The van der Waals surface area contributed by atoms with Crippen LogP contribution in [0.1, 0.15) is 50.5 Å². The average molecular weight is 741 g/mol. The summed E-state index contributed by atoms with van der Waals surface area (Å²) < 4.78 is 65.7. The molecule has 276 valence electrons. The lowest BCUT2D eigenvalue weighted by atomic mass is 9.95. The van der Waals surface area contributed by atoms with Gasteiger partial charge in [-0.25, -0.2) is 36.3 Å². The van der Waals surface area contributed by atoms with Gasteiger partial charge >= 0.3 is 11.7 Å². The number of carbonyl (C=O) groups is 3. The number of aromatic nitrogens is 3. The smallest absolute Gasteiger partial charge is 0.336 e. The summed E-state index contributed by atoms with van der Waals surface area (Å²) in [7, 11) is -2.98. The van der Waals surface area contributed by atoms with Crippen molar-refractivity contribution in [3.8, 4) is 5.82 Å². The van der Waals surface area contributed by atoms with E-state index in [-0.39, 0.29) is 35.6 Å². The van der Waals surface area contributed by atoms with E-state index in [1.165, 1.54) is 66.5 Å². The van der Waals surface area contributed by atoms with Crippen molar-refractivity contribution in [3.05, 3.63) is 111 Å². The number of carbonyl (C=O) groups excluding carboxylic acids is 3. The molecule has 0 spiro atoms. The van der Waals surface area contributed by atoms with Crippen LogP contribution >= 0.6 is 0 Å². The van der Waals surface area contributed by atoms with E-state index >= 15 is 8.78 Å². The number of amides is 2. The number of nitrogens with one attached hydrogen (secondary N) is 3. The number of ether oxygens (including phenoxy) is 1. The monoisotopic (exact) mass is 740 g/mol. The Hall–Kier alpha value is -5.71. The average Bonchev–Trinajstić information content (AvgIpc) is 3.07. The lowest BCUT2D eigenvalue weighted by Crippen LogP contribution is -2.44. The van der Waals surface area contributed by atoms with Gasteiger partial charge in [-0.05, 0) is 47.9 Å². The molecule has 4 rings (SSSR count). The van der Waals surface area contributed by atoms with Gasteiger partial charge in [0.05, 0.1) is 22.8 Å². The number of halogens is 2. The molecule has 0 radical (unpaired) electrons. The fourth-order valence-corrected chi connectivity index (χ4v) is 5.56. The molecule has 4 aromatic rings. The zero-order valence-corrected chi connectivity index (χ0v) is 30.0. The summed E-state index contributed by atoms with van der Waals surface area (Å²) in [5.41, 5.74) is -2.88. The molecule has 0 aliphatic heterocycles. The van der Waals surface area contributed by atoms with Gasteiger partial charge in [-0.3, -0.25) is 19.1 Å². The summed E-state index contributed by atoms with van der Waals surface area (Å²) in [6.07, 6.45) is 2.36. The maximum atomic E-state index is 15.3. The minimum atomic E-state index is -4.44. The summed E-state index contributed by atoms with van der Waals surface area (Å²) in [4.78, 5) is 67.1. The molecule has 52 heavy (non-hydrogen) atoms. The fourth-order valence-electron chi connectivity index (χ4n) is 4.50. The fraction of sp³-hybridized carbons (Fsp3) is 0.314. The highest BCUT2D eigenvalue weighted by molar-refractivity contribution is 7.92. The number of benzene rings is 2. The van der Waals surface area contributed by atoms with Gasteiger partial charge in [-0.2, -0.15) is 0 Å². The van der Waals surface area contributed by atoms with Crippen LogP contribution in [0.5, 0.6) is 0 Å². The van der Waals surface area contributed by atoms with E-state index in [4.69, 9.17) is 4.74 Å². The van der Waals surface area contributed by atoms with Crippen molar-refractivity contribution < 1.29 is 36.3 Å². The van der Waals surface area contributed by atoms with Gasteiger partial charge in [-0.1, -0.05) is 40.7 Å². The van der Waals surface area contributed by atoms with Gasteiger partial charge in [0, 0.05) is 49.1 Å². The summed E-state index contributed by atoms with van der Waals surface area (Å²) >= 11 is 0. The first-order valence-electron chi connectivity index (χ1n) is 15.9. The number of anilines is 2. The normalized spacial score (nSPS) is 12.2. The van der Waals surface area contributed by atoms with Crippen molar-refractivity contribution in [2.45, 2.75) is 52.0 Å². The minimum absolute atomic E-state index is 0.00524. The Morgan fingerprint density at radius 1 is 0.962 bits per heavy atom. The molecule has 17 heteroatoms. The number of rotatable bonds is 12. The molecule has 1 atom stereocenters. The molecular weight excluding hydrogens is 702 g/mol. The lowest BCUT2D eigenvalue weighted by molar-refractivity contribution is -0.147. The number of hydrogen-bond acceptors (Lipinski definition) is 9. The van der Waals surface area contributed by atoms with Crippen molar-refractivity contribution in [3.63, 3.8) is 0 Å². The van der Waals surface area contributed by atoms with Crippen molar-refractivity contribution in [1.82, 2.24) is 19.4 Å². The lowest BCUT2D eigenvalue weighted by Gasteiger charge is -2.19. The summed E-state index contributed by atoms with van der Waals surface area (Å²) in [6, 6.07) is 8.59. The number of esters is 1. The Balaban J connectivity index is 1.53. The Morgan fingerprint density at radius 3 is 2.23 bits per heavy atom. The second-order valence-corrected chi connectivity index (χ2v) is 15.0. The molecule has 0 aliphatic rings. The SMILES string of the molecule is CC(C)COC(=O)[C@H](Cc1ccc(-n2c(=O)ccn(C)c2=O)nc1)NC(=O)c1cc(F)c(NS(=O)(=O)c2ccc(NC(=O)C(C)(C)C)cc2)cc1F. The number of pyridine rings is 1. The Bertz CT molecular complexity index is 2210. The number of hydrogen-bond donors (Lipinski definition) is 3. The van der Waals surface area contributed by atoms with E-state index in [1.54, 1.807) is 34.6 Å². The minimum Gasteiger partial charge on any atom is -0.464 e. The third-order valence-corrected chi connectivity index (χ3v) is 8.81. The highest BCUT2D eigenvalue weighted by Gasteiger charge is 2.27. The molecule has 0 unspecified atom stereocenters. The molecule has 2 amide bonds. The Morgan fingerprint density at radius 2 is 1.63 bits per heavy atom. The van der Waals surface area contributed by atoms with E-state index < -0.39 is 67.5 Å². The van der Waals surface area contributed by atoms with E-state index in [9.17, 15) is 32.4 Å². The predicted octanol–water partition coefficient (Wildman–Crippen LogP) is 3.54. The van der Waals surface area contributed by atoms with Gasteiger partial charge in [0.2, 0.25) is 5.91 Å². The molecule has 2 aromatic heterocycles. The molecule has 0 bridgehead atoms. The van der Waals surface area contributed by atoms with E-state index in [0.717, 1.165) is 4.57 Å². The van der Waals surface area contributed by atoms with Crippen molar-refractivity contribution in [2.75, 3.05) is 16.6 Å². The van der Waals surface area contributed by atoms with Crippen LogP contribution in [0.3, 0.4) is 0 Å². The molecule has 14 nitrogen and oxygen atoms in total. The van der Waals surface area contributed by atoms with Crippen LogP contribution < -0.4 is 26.6 Å². The Labute approximate surface area is 297 Å². The Kier molecular flexibility index (Phi) is 11.8. The van der Waals surface area contributed by atoms with E-state index in [0.29, 0.717) is 23.4 Å². The molecule has 0 saturated heterocycles. The predicted molar refractivity (Wildman–Crippen MR) is 188 cm³/mol. The van der Waals surface area contributed by atoms with Crippen LogP contribution in [0.15, 0.2) is 81.5 Å². The maximum Gasteiger partial charge on any atom is 0.336 e. The van der Waals surface area contributed by atoms with Crippen molar-refractivity contribution in [1.29, 1.82) is 0 Å². The topological polar surface area (TPSA) is 188 Å². The van der Waals surface area contributed by atoms with Crippen LogP contribution in [-0.2, 0) is 37.8 Å². The molecule has 0 saturated carbocycles. The van der Waals surface area contributed by atoms with Gasteiger partial charge in [0.15, 0.2) is 0 Å². The highest BCUT2D eigenvalue weighted by Crippen LogP contribution is 2.25. The largest absolute Gasteiger partial charge is 0.464 e. The molecular formula is C35H38F2N6O8S. The van der Waals surface area contributed by atoms with Crippen molar-refractivity contribution in [2.24, 2.45) is 18.4 Å². The summed E-state index contributed by atoms with van der Waals surface area (Å²) in [5.74, 6) is -5.03. The third kappa shape index (κ3) is 9.54. The second kappa shape index (κ2) is 15.7. The van der Waals surface area contributed by atoms with Crippen LogP contribution in [-0.4, -0.2) is 53.0 Å². The quantitative estimate of drug-likeness (QED) is 0.183. The number of aryl methyl sites for hydroxylation is 1. The van der Waals surface area contributed by atoms with Gasteiger partial charge < -0.3 is 19.9 Å². The molecule has 0 aliphatic carbocycles. The second-order valence-electron chi connectivity index (χ2n) is 13.3. The van der Waals surface area contributed by atoms with Gasteiger partial charge in [0.1, 0.15) is 23.5 Å². The summed E-state index contributed by atoms with van der Waals surface area (Å²) in [5, 5.41) is 4.99. The number of sulfonamides is 1. The first-order valence-corrected chi connectivity index (χ1v) is 17.4. The zero-order valence-electron chi connectivity index (χ0n) is 29.2. The van der Waals surface area contributed by atoms with E-state index in [1.807, 2.05) is 4.72 Å². The molecule has 2 heterocycles. The van der Waals surface area contributed by atoms with Crippen LogP contribution in [0.25, 0.3) is 5.82 Å². The number of nitrogens with zero attached hydrogens (tertiary/aromatic N) is 3. The van der Waals surface area contributed by atoms with Crippen LogP contribution in [0.4, 0.5) is 20.2 Å². The maximum absolute atomic E-state index is 15.3. The standard InChI is InChI=1S/C35H38F2N6O8S/c1-20(2)19-51-32(46)28(15-21-7-12-29(38-18-21)43-30(44)13-14-42(6)34(43)48)40-31(45)24-16-26(37)27(17-25(24)36)41-52(49,50)23-10-8-22(9-11-23)39-33(47)35(3,4)5/h7-14,16-18,20,28,41H,15,19H2,1-6H3,(H,39,47)(H,40,45)/t28-/m0/s1. The van der Waals surface area contributed by atoms with Gasteiger partial charge in [0.25, 0.3) is 21.5 Å². The zero-order chi connectivity index (χ0) is 38.5. The third-order valence-electron chi connectivity index (χ3n) is 7.43. The first kappa shape index (κ1) is 39.1. The van der Waals surface area contributed by atoms with Crippen molar-refractivity contribution >= 4 is 39.2 Å². The highest BCUT2D eigenvalue weighted by atomic mass is 32.2. The molecule has 0 fully saturated rings. The van der Waals surface area contributed by atoms with E-state index in [2.05, 4.69) is 15.6 Å². The summed E-state index contributed by atoms with van der Waals surface area (Å²) in [6.45, 7) is 8.68. The molecule has 3 N–H and O–H groups in total. The van der Waals surface area contributed by atoms with Crippen LogP contribution in [0, 0.1) is 23.0 Å². The van der Waals surface area contributed by atoms with Gasteiger partial charge in [-0.15, -0.1) is 0 Å². The van der Waals surface area contributed by atoms with Crippen LogP contribution in [0.2, 0.25) is 0 Å².